The van der Waals surface area contributed by atoms with Crippen LogP contribution in [-0.4, -0.2) is 40.0 Å². The van der Waals surface area contributed by atoms with Gasteiger partial charge in [-0.1, -0.05) is 18.7 Å². The quantitative estimate of drug-likeness (QED) is 0.584. The van der Waals surface area contributed by atoms with E-state index >= 15 is 0 Å². The van der Waals surface area contributed by atoms with Gasteiger partial charge in [-0.2, -0.15) is 0 Å². The molecule has 1 unspecified atom stereocenters. The first-order valence-electron chi connectivity index (χ1n) is 6.37. The fraction of sp³-hybridized carbons (Fsp3) is 0.692. The molecule has 0 saturated carbocycles. The summed E-state index contributed by atoms with van der Waals surface area (Å²) in [4.78, 5) is 8.93. The summed E-state index contributed by atoms with van der Waals surface area (Å²) in [6.45, 7) is 9.25. The van der Waals surface area contributed by atoms with Gasteiger partial charge >= 0.3 is 0 Å². The molecule has 0 aromatic carbocycles. The average molecular weight is 269 g/mol. The lowest BCUT2D eigenvalue weighted by Crippen LogP contribution is -2.35. The van der Waals surface area contributed by atoms with Gasteiger partial charge in [-0.3, -0.25) is 0 Å². The van der Waals surface area contributed by atoms with E-state index < -0.39 is 0 Å². The molecular formula is C13H23N3OS. The smallest absolute Gasteiger partial charge is 0.188 e. The maximum absolute atomic E-state index is 9.27. The number of aromatic nitrogens is 2. The van der Waals surface area contributed by atoms with E-state index in [4.69, 9.17) is 0 Å². The second-order valence-electron chi connectivity index (χ2n) is 4.45. The molecule has 0 bridgehead atoms. The van der Waals surface area contributed by atoms with Crippen molar-refractivity contribution < 1.29 is 5.11 Å². The molecular weight excluding hydrogens is 246 g/mol. The number of hydrogen-bond acceptors (Lipinski definition) is 5. The van der Waals surface area contributed by atoms with Gasteiger partial charge in [0, 0.05) is 23.2 Å². The van der Waals surface area contributed by atoms with Gasteiger partial charge in [0.2, 0.25) is 0 Å². The van der Waals surface area contributed by atoms with E-state index in [1.54, 1.807) is 11.8 Å². The SMILES string of the molecule is CCCNC(CO)CSc1nc(C)c(C)c(C)n1. The van der Waals surface area contributed by atoms with Crippen molar-refractivity contribution in [3.05, 3.63) is 17.0 Å². The van der Waals surface area contributed by atoms with Gasteiger partial charge in [0.15, 0.2) is 5.16 Å². The third kappa shape index (κ3) is 4.55. The van der Waals surface area contributed by atoms with Crippen LogP contribution in [0.4, 0.5) is 0 Å². The van der Waals surface area contributed by atoms with Crippen molar-refractivity contribution in [2.75, 3.05) is 18.9 Å². The third-order valence-corrected chi connectivity index (χ3v) is 3.94. The number of thioether (sulfide) groups is 1. The highest BCUT2D eigenvalue weighted by atomic mass is 32.2. The van der Waals surface area contributed by atoms with Crippen molar-refractivity contribution in [3.63, 3.8) is 0 Å². The molecule has 0 aliphatic rings. The molecule has 2 N–H and O–H groups in total. The minimum Gasteiger partial charge on any atom is -0.395 e. The summed E-state index contributed by atoms with van der Waals surface area (Å²) in [6, 6.07) is 0.112. The van der Waals surface area contributed by atoms with Crippen molar-refractivity contribution in [1.29, 1.82) is 0 Å². The minimum absolute atomic E-state index is 0.112. The van der Waals surface area contributed by atoms with Crippen molar-refractivity contribution in [3.8, 4) is 0 Å². The lowest BCUT2D eigenvalue weighted by Gasteiger charge is -2.15. The fourth-order valence-electron chi connectivity index (χ4n) is 1.51. The summed E-state index contributed by atoms with van der Waals surface area (Å²) >= 11 is 1.60. The summed E-state index contributed by atoms with van der Waals surface area (Å²) in [5, 5.41) is 13.4. The molecule has 0 aliphatic heterocycles. The van der Waals surface area contributed by atoms with Gasteiger partial charge in [-0.05, 0) is 39.3 Å². The molecule has 5 heteroatoms. The second kappa shape index (κ2) is 7.71. The lowest BCUT2D eigenvalue weighted by molar-refractivity contribution is 0.254. The number of aliphatic hydroxyl groups excluding tert-OH is 1. The Balaban J connectivity index is 2.57. The molecule has 18 heavy (non-hydrogen) atoms. The van der Waals surface area contributed by atoms with Crippen LogP contribution >= 0.6 is 11.8 Å². The Morgan fingerprint density at radius 2 is 1.83 bits per heavy atom. The zero-order valence-corrected chi connectivity index (χ0v) is 12.5. The van der Waals surface area contributed by atoms with Crippen LogP contribution < -0.4 is 5.32 Å². The monoisotopic (exact) mass is 269 g/mol. The Labute approximate surface area is 114 Å². The highest BCUT2D eigenvalue weighted by molar-refractivity contribution is 7.99. The first-order chi connectivity index (χ1) is 8.58. The van der Waals surface area contributed by atoms with E-state index in [2.05, 4.69) is 22.2 Å². The van der Waals surface area contributed by atoms with Gasteiger partial charge in [0.05, 0.1) is 6.61 Å². The van der Waals surface area contributed by atoms with E-state index in [0.29, 0.717) is 0 Å². The van der Waals surface area contributed by atoms with Crippen LogP contribution in [0.15, 0.2) is 5.16 Å². The second-order valence-corrected chi connectivity index (χ2v) is 5.43. The largest absolute Gasteiger partial charge is 0.395 e. The Bertz CT molecular complexity index is 361. The standard InChI is InChI=1S/C13H23N3OS/c1-5-6-14-12(7-17)8-18-13-15-10(3)9(2)11(4)16-13/h12,14,17H,5-8H2,1-4H3. The van der Waals surface area contributed by atoms with Crippen molar-refractivity contribution >= 4 is 11.8 Å². The first kappa shape index (κ1) is 15.4. The zero-order chi connectivity index (χ0) is 13.5. The van der Waals surface area contributed by atoms with Crippen LogP contribution in [0.5, 0.6) is 0 Å². The third-order valence-electron chi connectivity index (χ3n) is 2.93. The van der Waals surface area contributed by atoms with Crippen LogP contribution in [0, 0.1) is 20.8 Å². The average Bonchev–Trinajstić information content (AvgIpc) is 2.36. The summed E-state index contributed by atoms with van der Waals surface area (Å²) in [6.07, 6.45) is 1.07. The Hall–Kier alpha value is -0.650. The number of rotatable bonds is 7. The number of nitrogens with zero attached hydrogens (tertiary/aromatic N) is 2. The topological polar surface area (TPSA) is 58.0 Å². The van der Waals surface area contributed by atoms with Crippen LogP contribution in [-0.2, 0) is 0 Å². The van der Waals surface area contributed by atoms with Gasteiger partial charge in [0.1, 0.15) is 0 Å². The van der Waals surface area contributed by atoms with Crippen molar-refractivity contribution in [2.45, 2.75) is 45.3 Å². The highest BCUT2D eigenvalue weighted by Crippen LogP contribution is 2.17. The summed E-state index contributed by atoms with van der Waals surface area (Å²) in [5.41, 5.74) is 3.22. The maximum atomic E-state index is 9.27. The molecule has 0 saturated heterocycles. The predicted octanol–water partition coefficient (Wildman–Crippen LogP) is 1.85. The summed E-state index contributed by atoms with van der Waals surface area (Å²) in [5.74, 6) is 0.790. The van der Waals surface area contributed by atoms with E-state index in [1.807, 2.05) is 20.8 Å². The van der Waals surface area contributed by atoms with Crippen molar-refractivity contribution in [2.24, 2.45) is 0 Å². The molecule has 1 heterocycles. The van der Waals surface area contributed by atoms with Gasteiger partial charge < -0.3 is 10.4 Å². The molecule has 4 nitrogen and oxygen atoms in total. The van der Waals surface area contributed by atoms with Gasteiger partial charge in [-0.25, -0.2) is 9.97 Å². The van der Waals surface area contributed by atoms with Crippen LogP contribution in [0.1, 0.15) is 30.3 Å². The Kier molecular flexibility index (Phi) is 6.60. The maximum Gasteiger partial charge on any atom is 0.188 e. The molecule has 0 aliphatic carbocycles. The molecule has 0 spiro atoms. The van der Waals surface area contributed by atoms with Crippen LogP contribution in [0.25, 0.3) is 0 Å². The molecule has 1 rings (SSSR count). The molecule has 0 fully saturated rings. The first-order valence-corrected chi connectivity index (χ1v) is 7.35. The van der Waals surface area contributed by atoms with Gasteiger partial charge in [-0.15, -0.1) is 0 Å². The summed E-state index contributed by atoms with van der Waals surface area (Å²) in [7, 11) is 0. The fourth-order valence-corrected chi connectivity index (χ4v) is 2.48. The number of hydrogen-bond donors (Lipinski definition) is 2. The lowest BCUT2D eigenvalue weighted by atomic mass is 10.2. The van der Waals surface area contributed by atoms with Crippen molar-refractivity contribution in [1.82, 2.24) is 15.3 Å². The van der Waals surface area contributed by atoms with Crippen LogP contribution in [0.3, 0.4) is 0 Å². The Morgan fingerprint density at radius 1 is 1.22 bits per heavy atom. The molecule has 1 aromatic rings. The number of aryl methyl sites for hydroxylation is 2. The number of aliphatic hydroxyl groups is 1. The van der Waals surface area contributed by atoms with Crippen LogP contribution in [0.2, 0.25) is 0 Å². The normalized spacial score (nSPS) is 12.7. The van der Waals surface area contributed by atoms with E-state index in [1.165, 1.54) is 0 Å². The van der Waals surface area contributed by atoms with E-state index in [0.717, 1.165) is 40.8 Å². The number of nitrogens with one attached hydrogen (secondary N) is 1. The molecule has 1 aromatic heterocycles. The Morgan fingerprint density at radius 3 is 2.33 bits per heavy atom. The molecule has 0 amide bonds. The predicted molar refractivity (Wildman–Crippen MR) is 76.1 cm³/mol. The summed E-state index contributed by atoms with van der Waals surface area (Å²) < 4.78 is 0. The molecule has 0 radical (unpaired) electrons. The van der Waals surface area contributed by atoms with Gasteiger partial charge in [0.25, 0.3) is 0 Å². The minimum atomic E-state index is 0.112. The molecule has 1 atom stereocenters. The highest BCUT2D eigenvalue weighted by Gasteiger charge is 2.10. The zero-order valence-electron chi connectivity index (χ0n) is 11.7. The van der Waals surface area contributed by atoms with E-state index in [-0.39, 0.29) is 12.6 Å². The van der Waals surface area contributed by atoms with E-state index in [9.17, 15) is 5.11 Å². The molecule has 102 valence electrons.